The summed E-state index contributed by atoms with van der Waals surface area (Å²) in [7, 11) is 3.64. The highest BCUT2D eigenvalue weighted by Crippen LogP contribution is 2.18. The first-order valence-corrected chi connectivity index (χ1v) is 10.6. The van der Waals surface area contributed by atoms with Crippen molar-refractivity contribution in [1.29, 1.82) is 0 Å². The number of halogens is 1. The zero-order valence-corrected chi connectivity index (χ0v) is 20.9. The lowest BCUT2D eigenvalue weighted by atomic mass is 10.1. The Labute approximate surface area is 190 Å². The summed E-state index contributed by atoms with van der Waals surface area (Å²) in [6.07, 6.45) is 2.04. The van der Waals surface area contributed by atoms with E-state index in [2.05, 4.69) is 34.0 Å². The highest BCUT2D eigenvalue weighted by atomic mass is 127. The van der Waals surface area contributed by atoms with Gasteiger partial charge in [0.15, 0.2) is 5.96 Å². The molecular weight excluding hydrogens is 503 g/mol. The van der Waals surface area contributed by atoms with Gasteiger partial charge in [0, 0.05) is 46.0 Å². The maximum absolute atomic E-state index is 11.8. The van der Waals surface area contributed by atoms with Crippen molar-refractivity contribution in [3.8, 4) is 0 Å². The molecule has 0 radical (unpaired) electrons. The van der Waals surface area contributed by atoms with Crippen molar-refractivity contribution in [1.82, 2.24) is 24.7 Å². The van der Waals surface area contributed by atoms with Gasteiger partial charge in [0.2, 0.25) is 10.0 Å². The third-order valence-corrected chi connectivity index (χ3v) is 5.85. The molecule has 0 bridgehead atoms. The summed E-state index contributed by atoms with van der Waals surface area (Å²) in [6, 6.07) is 6.78. The maximum Gasteiger partial charge on any atom is 0.240 e. The number of sulfonamides is 1. The number of benzene rings is 1. The van der Waals surface area contributed by atoms with Gasteiger partial charge in [-0.05, 0) is 30.7 Å². The number of rotatable bonds is 7. The molecule has 162 valence electrons. The zero-order valence-electron chi connectivity index (χ0n) is 17.8. The molecule has 8 nitrogen and oxygen atoms in total. The number of guanidine groups is 1. The van der Waals surface area contributed by atoms with E-state index >= 15 is 0 Å². The molecule has 29 heavy (non-hydrogen) atoms. The first-order chi connectivity index (χ1) is 13.2. The number of hydrogen-bond donors (Lipinski definition) is 2. The molecule has 2 rings (SSSR count). The predicted molar refractivity (Wildman–Crippen MR) is 127 cm³/mol. The summed E-state index contributed by atoms with van der Waals surface area (Å²) in [5.74, 6) is 1.11. The van der Waals surface area contributed by atoms with Crippen LogP contribution in [0.1, 0.15) is 36.6 Å². The molecule has 2 N–H and O–H groups in total. The van der Waals surface area contributed by atoms with E-state index in [4.69, 9.17) is 0 Å². The maximum atomic E-state index is 11.8. The number of hydrogen-bond acceptors (Lipinski definition) is 4. The lowest BCUT2D eigenvalue weighted by Crippen LogP contribution is -2.38. The van der Waals surface area contributed by atoms with Crippen molar-refractivity contribution >= 4 is 40.0 Å². The smallest absolute Gasteiger partial charge is 0.240 e. The Bertz CT molecular complexity index is 923. The highest BCUT2D eigenvalue weighted by molar-refractivity contribution is 14.0. The number of nitrogens with zero attached hydrogens (tertiary/aromatic N) is 4. The normalized spacial score (nSPS) is 12.0. The number of aryl methyl sites for hydroxylation is 1. The van der Waals surface area contributed by atoms with Gasteiger partial charge in [0.25, 0.3) is 0 Å². The van der Waals surface area contributed by atoms with E-state index in [1.807, 2.05) is 29.9 Å². The quantitative estimate of drug-likeness (QED) is 0.323. The number of aliphatic imine (C=N–C) groups is 1. The van der Waals surface area contributed by atoms with Crippen LogP contribution in [0, 0.1) is 0 Å². The van der Waals surface area contributed by atoms with Crippen LogP contribution in [0.3, 0.4) is 0 Å². The van der Waals surface area contributed by atoms with Crippen LogP contribution < -0.4 is 10.0 Å². The summed E-state index contributed by atoms with van der Waals surface area (Å²) in [5, 5.41) is 7.87. The van der Waals surface area contributed by atoms with Crippen LogP contribution in [0.4, 0.5) is 0 Å². The molecule has 0 spiro atoms. The fraction of sp³-hybridized carbons (Fsp3) is 0.474. The Balaban J connectivity index is 0.00000420. The standard InChI is InChI=1S/C19H30N6O2S.HI/c1-14(2)18-16(13-25(6)23-18)12-24(5)19(20-3)22-11-15-7-9-17(10-8-15)28(26,27)21-4;/h7-10,13-14,21H,11-12H2,1-6H3,(H,20,22);1H. The van der Waals surface area contributed by atoms with E-state index in [9.17, 15) is 8.42 Å². The van der Waals surface area contributed by atoms with Crippen molar-refractivity contribution < 1.29 is 8.42 Å². The minimum atomic E-state index is -3.42. The van der Waals surface area contributed by atoms with Crippen LogP contribution in [-0.2, 0) is 30.2 Å². The molecule has 0 aliphatic heterocycles. The first-order valence-electron chi connectivity index (χ1n) is 9.14. The molecule has 0 saturated heterocycles. The molecule has 0 aliphatic carbocycles. The largest absolute Gasteiger partial charge is 0.352 e. The second kappa shape index (κ2) is 10.9. The lowest BCUT2D eigenvalue weighted by molar-refractivity contribution is 0.473. The van der Waals surface area contributed by atoms with Crippen molar-refractivity contribution in [3.63, 3.8) is 0 Å². The molecule has 0 amide bonds. The van der Waals surface area contributed by atoms with Crippen LogP contribution in [0.15, 0.2) is 40.4 Å². The van der Waals surface area contributed by atoms with Gasteiger partial charge in [0.1, 0.15) is 0 Å². The van der Waals surface area contributed by atoms with Crippen molar-refractivity contribution in [2.75, 3.05) is 21.1 Å². The van der Waals surface area contributed by atoms with E-state index in [1.54, 1.807) is 31.3 Å². The second-order valence-electron chi connectivity index (χ2n) is 6.98. The molecule has 10 heteroatoms. The Morgan fingerprint density at radius 2 is 1.90 bits per heavy atom. The average Bonchev–Trinajstić information content (AvgIpc) is 3.03. The van der Waals surface area contributed by atoms with Crippen molar-refractivity contribution in [2.24, 2.45) is 12.0 Å². The molecule has 0 aliphatic rings. The van der Waals surface area contributed by atoms with E-state index in [1.165, 1.54) is 12.6 Å². The fourth-order valence-electron chi connectivity index (χ4n) is 2.96. The van der Waals surface area contributed by atoms with Crippen molar-refractivity contribution in [3.05, 3.63) is 47.3 Å². The van der Waals surface area contributed by atoms with Gasteiger partial charge in [-0.2, -0.15) is 5.10 Å². The summed E-state index contributed by atoms with van der Waals surface area (Å²) >= 11 is 0. The van der Waals surface area contributed by atoms with Gasteiger partial charge in [0.05, 0.1) is 10.6 Å². The van der Waals surface area contributed by atoms with E-state index < -0.39 is 10.0 Å². The third-order valence-electron chi connectivity index (χ3n) is 4.42. The predicted octanol–water partition coefficient (Wildman–Crippen LogP) is 2.28. The van der Waals surface area contributed by atoms with E-state index in [0.29, 0.717) is 19.0 Å². The van der Waals surface area contributed by atoms with Gasteiger partial charge >= 0.3 is 0 Å². The fourth-order valence-corrected chi connectivity index (χ4v) is 3.69. The van der Waals surface area contributed by atoms with Crippen LogP contribution in [0.5, 0.6) is 0 Å². The molecule has 0 fully saturated rings. The monoisotopic (exact) mass is 534 g/mol. The summed E-state index contributed by atoms with van der Waals surface area (Å²) in [6.45, 7) is 5.51. The average molecular weight is 534 g/mol. The summed E-state index contributed by atoms with van der Waals surface area (Å²) < 4.78 is 27.8. The van der Waals surface area contributed by atoms with Gasteiger partial charge in [-0.15, -0.1) is 24.0 Å². The molecule has 2 aromatic rings. The van der Waals surface area contributed by atoms with E-state index in [0.717, 1.165) is 17.2 Å². The van der Waals surface area contributed by atoms with Gasteiger partial charge in [-0.3, -0.25) is 9.67 Å². The molecule has 0 unspecified atom stereocenters. The van der Waals surface area contributed by atoms with Crippen LogP contribution in [-0.4, -0.2) is 50.2 Å². The first kappa shape index (κ1) is 25.4. The summed E-state index contributed by atoms with van der Waals surface area (Å²) in [4.78, 5) is 6.64. The molecule has 1 aromatic carbocycles. The van der Waals surface area contributed by atoms with Crippen molar-refractivity contribution in [2.45, 2.75) is 37.8 Å². The minimum Gasteiger partial charge on any atom is -0.352 e. The summed E-state index contributed by atoms with van der Waals surface area (Å²) in [5.41, 5.74) is 3.23. The number of aromatic nitrogens is 2. The van der Waals surface area contributed by atoms with Gasteiger partial charge in [-0.25, -0.2) is 13.1 Å². The molecule has 0 saturated carbocycles. The van der Waals surface area contributed by atoms with Gasteiger partial charge < -0.3 is 10.2 Å². The van der Waals surface area contributed by atoms with Crippen LogP contribution >= 0.6 is 24.0 Å². The topological polar surface area (TPSA) is 91.6 Å². The Morgan fingerprint density at radius 1 is 1.28 bits per heavy atom. The van der Waals surface area contributed by atoms with Gasteiger partial charge in [-0.1, -0.05) is 26.0 Å². The number of nitrogens with one attached hydrogen (secondary N) is 2. The lowest BCUT2D eigenvalue weighted by Gasteiger charge is -2.22. The molecular formula is C19H31IN6O2S. The molecule has 0 atom stereocenters. The highest BCUT2D eigenvalue weighted by Gasteiger charge is 2.15. The Kier molecular flexibility index (Phi) is 9.56. The third kappa shape index (κ3) is 6.68. The SMILES string of the molecule is CN=C(NCc1ccc(S(=O)(=O)NC)cc1)N(C)Cc1cn(C)nc1C(C)C.I. The Morgan fingerprint density at radius 3 is 2.41 bits per heavy atom. The second-order valence-corrected chi connectivity index (χ2v) is 8.86. The van der Waals surface area contributed by atoms with Crippen LogP contribution in [0.2, 0.25) is 0 Å². The molecule has 1 heterocycles. The minimum absolute atomic E-state index is 0. The Hall–Kier alpha value is -1.66. The zero-order chi connectivity index (χ0) is 20.9. The van der Waals surface area contributed by atoms with E-state index in [-0.39, 0.29) is 28.9 Å². The molecule has 1 aromatic heterocycles. The van der Waals surface area contributed by atoms with Crippen LogP contribution in [0.25, 0.3) is 0 Å².